The molecule has 0 fully saturated rings. The minimum Gasteiger partial charge on any atom is -0.322 e. The molecule has 0 atom stereocenters. The average Bonchev–Trinajstić information content (AvgIpc) is 2.64. The number of carbonyl (C=O) groups excluding carboxylic acids is 1. The zero-order valence-corrected chi connectivity index (χ0v) is 16.9. The van der Waals surface area contributed by atoms with Crippen molar-refractivity contribution in [3.63, 3.8) is 0 Å². The van der Waals surface area contributed by atoms with Crippen LogP contribution in [0.4, 0.5) is 11.4 Å². The lowest BCUT2D eigenvalue weighted by atomic mass is 10.1. The molecule has 0 saturated carbocycles. The van der Waals surface area contributed by atoms with E-state index in [0.717, 1.165) is 11.1 Å². The Kier molecular flexibility index (Phi) is 5.72. The van der Waals surface area contributed by atoms with Crippen molar-refractivity contribution in [2.45, 2.75) is 18.7 Å². The van der Waals surface area contributed by atoms with Crippen LogP contribution in [0.2, 0.25) is 5.02 Å². The molecule has 5 nitrogen and oxygen atoms in total. The monoisotopic (exact) mass is 414 g/mol. The largest absolute Gasteiger partial charge is 0.322 e. The Balaban J connectivity index is 1.75. The molecule has 1 amide bonds. The molecule has 3 rings (SSSR count). The second-order valence-electron chi connectivity index (χ2n) is 6.41. The summed E-state index contributed by atoms with van der Waals surface area (Å²) < 4.78 is 27.5. The van der Waals surface area contributed by atoms with Gasteiger partial charge in [0.2, 0.25) is 0 Å². The fourth-order valence-corrected chi connectivity index (χ4v) is 3.90. The molecule has 7 heteroatoms. The van der Waals surface area contributed by atoms with E-state index in [1.54, 1.807) is 30.3 Å². The molecule has 0 spiro atoms. The molecule has 144 valence electrons. The van der Waals surface area contributed by atoms with Gasteiger partial charge in [-0.1, -0.05) is 35.4 Å². The van der Waals surface area contributed by atoms with E-state index in [-0.39, 0.29) is 10.8 Å². The van der Waals surface area contributed by atoms with Gasteiger partial charge in [0, 0.05) is 16.3 Å². The molecule has 2 N–H and O–H groups in total. The van der Waals surface area contributed by atoms with Crippen molar-refractivity contribution in [1.29, 1.82) is 0 Å². The summed E-state index contributed by atoms with van der Waals surface area (Å²) >= 11 is 5.89. The Morgan fingerprint density at radius 1 is 0.893 bits per heavy atom. The molecule has 0 radical (unpaired) electrons. The van der Waals surface area contributed by atoms with Gasteiger partial charge in [0.1, 0.15) is 0 Å². The van der Waals surface area contributed by atoms with E-state index in [2.05, 4.69) is 10.0 Å². The Morgan fingerprint density at radius 2 is 1.61 bits per heavy atom. The van der Waals surface area contributed by atoms with Crippen molar-refractivity contribution in [2.75, 3.05) is 10.0 Å². The first kappa shape index (κ1) is 19.9. The molecule has 0 bridgehead atoms. The van der Waals surface area contributed by atoms with Crippen molar-refractivity contribution in [3.8, 4) is 0 Å². The lowest BCUT2D eigenvalue weighted by Crippen LogP contribution is -2.15. The Labute approximate surface area is 169 Å². The van der Waals surface area contributed by atoms with Gasteiger partial charge in [0.05, 0.1) is 10.6 Å². The maximum Gasteiger partial charge on any atom is 0.261 e. The van der Waals surface area contributed by atoms with Crippen molar-refractivity contribution in [1.82, 2.24) is 0 Å². The number of aryl methyl sites for hydroxylation is 2. The first-order valence-electron chi connectivity index (χ1n) is 8.52. The lowest BCUT2D eigenvalue weighted by Gasteiger charge is -2.11. The van der Waals surface area contributed by atoms with E-state index in [1.807, 2.05) is 32.0 Å². The summed E-state index contributed by atoms with van der Waals surface area (Å²) in [5.41, 5.74) is 3.32. The molecule has 0 aromatic heterocycles. The summed E-state index contributed by atoms with van der Waals surface area (Å²) in [6, 6.07) is 18.1. The van der Waals surface area contributed by atoms with Gasteiger partial charge in [0.15, 0.2) is 0 Å². The van der Waals surface area contributed by atoms with Crippen LogP contribution in [0.1, 0.15) is 21.5 Å². The van der Waals surface area contributed by atoms with Crippen molar-refractivity contribution < 1.29 is 13.2 Å². The number of benzene rings is 3. The fourth-order valence-electron chi connectivity index (χ4n) is 2.66. The minimum atomic E-state index is -3.76. The predicted molar refractivity (Wildman–Crippen MR) is 113 cm³/mol. The Hall–Kier alpha value is -2.83. The molecule has 0 saturated heterocycles. The first-order chi connectivity index (χ1) is 13.2. The van der Waals surface area contributed by atoms with Gasteiger partial charge in [0.25, 0.3) is 15.9 Å². The highest BCUT2D eigenvalue weighted by Gasteiger charge is 2.15. The topological polar surface area (TPSA) is 75.3 Å². The second-order valence-corrected chi connectivity index (χ2v) is 8.53. The molecule has 0 aliphatic heterocycles. The number of rotatable bonds is 5. The number of amides is 1. The number of hydrogen-bond acceptors (Lipinski definition) is 3. The van der Waals surface area contributed by atoms with Gasteiger partial charge >= 0.3 is 0 Å². The maximum absolute atomic E-state index is 12.5. The summed E-state index contributed by atoms with van der Waals surface area (Å²) in [5.74, 6) is -0.242. The number of nitrogens with one attached hydrogen (secondary N) is 2. The van der Waals surface area contributed by atoms with Crippen molar-refractivity contribution in [3.05, 3.63) is 88.4 Å². The first-order valence-corrected chi connectivity index (χ1v) is 10.4. The third-order valence-corrected chi connectivity index (χ3v) is 5.77. The number of hydrogen-bond donors (Lipinski definition) is 2. The number of carbonyl (C=O) groups is 1. The number of halogens is 1. The van der Waals surface area contributed by atoms with Gasteiger partial charge in [-0.2, -0.15) is 0 Å². The van der Waals surface area contributed by atoms with Gasteiger partial charge in [-0.3, -0.25) is 9.52 Å². The maximum atomic E-state index is 12.5. The number of anilines is 2. The van der Waals surface area contributed by atoms with Crippen molar-refractivity contribution in [2.24, 2.45) is 0 Å². The minimum absolute atomic E-state index is 0.0808. The summed E-state index contributed by atoms with van der Waals surface area (Å²) in [7, 11) is -3.76. The van der Waals surface area contributed by atoms with E-state index in [9.17, 15) is 13.2 Å². The van der Waals surface area contributed by atoms with Crippen LogP contribution in [0.15, 0.2) is 71.6 Å². The van der Waals surface area contributed by atoms with Gasteiger partial charge in [-0.15, -0.1) is 0 Å². The van der Waals surface area contributed by atoms with E-state index >= 15 is 0 Å². The highest BCUT2D eigenvalue weighted by molar-refractivity contribution is 7.92. The zero-order chi connectivity index (χ0) is 20.3. The van der Waals surface area contributed by atoms with Gasteiger partial charge in [-0.25, -0.2) is 8.42 Å². The quantitative estimate of drug-likeness (QED) is 0.616. The standard InChI is InChI=1S/C21H19ClN2O3S/c1-14-6-7-15(2)20(12-14)21(25)23-17-8-10-19(11-9-17)28(26,27)24-18-5-3-4-16(22)13-18/h3-13,24H,1-2H3,(H,23,25). The molecule has 28 heavy (non-hydrogen) atoms. The number of sulfonamides is 1. The molecule has 0 heterocycles. The van der Waals surface area contributed by atoms with E-state index in [1.165, 1.54) is 18.2 Å². The molecule has 0 aliphatic carbocycles. The van der Waals surface area contributed by atoms with Crippen LogP contribution < -0.4 is 10.0 Å². The Morgan fingerprint density at radius 3 is 2.29 bits per heavy atom. The van der Waals surface area contributed by atoms with Crippen LogP contribution in [0, 0.1) is 13.8 Å². The highest BCUT2D eigenvalue weighted by Crippen LogP contribution is 2.21. The summed E-state index contributed by atoms with van der Waals surface area (Å²) in [5, 5.41) is 3.23. The second kappa shape index (κ2) is 8.04. The third kappa shape index (κ3) is 4.71. The van der Waals surface area contributed by atoms with Crippen LogP contribution in [0.25, 0.3) is 0 Å². The molecule has 3 aromatic rings. The zero-order valence-electron chi connectivity index (χ0n) is 15.4. The predicted octanol–water partition coefficient (Wildman–Crippen LogP) is 5.01. The highest BCUT2D eigenvalue weighted by atomic mass is 35.5. The van der Waals surface area contributed by atoms with E-state index in [0.29, 0.717) is 22.0 Å². The van der Waals surface area contributed by atoms with E-state index in [4.69, 9.17) is 11.6 Å². The van der Waals surface area contributed by atoms with Crippen LogP contribution >= 0.6 is 11.6 Å². The average molecular weight is 415 g/mol. The SMILES string of the molecule is Cc1ccc(C)c(C(=O)Nc2ccc(S(=O)(=O)Nc3cccc(Cl)c3)cc2)c1. The van der Waals surface area contributed by atoms with Gasteiger partial charge in [-0.05, 0) is 67.9 Å². The molecular formula is C21H19ClN2O3S. The summed E-state index contributed by atoms with van der Waals surface area (Å²) in [6.45, 7) is 3.79. The summed E-state index contributed by atoms with van der Waals surface area (Å²) in [4.78, 5) is 12.6. The van der Waals surface area contributed by atoms with Crippen LogP contribution in [0.5, 0.6) is 0 Å². The van der Waals surface area contributed by atoms with Crippen LogP contribution in [0.3, 0.4) is 0 Å². The van der Waals surface area contributed by atoms with Crippen molar-refractivity contribution >= 4 is 38.9 Å². The van der Waals surface area contributed by atoms with Crippen LogP contribution in [-0.4, -0.2) is 14.3 Å². The normalized spacial score (nSPS) is 11.1. The smallest absolute Gasteiger partial charge is 0.261 e. The molecule has 0 aliphatic rings. The summed E-state index contributed by atoms with van der Waals surface area (Å²) in [6.07, 6.45) is 0. The van der Waals surface area contributed by atoms with E-state index < -0.39 is 10.0 Å². The molecule has 3 aromatic carbocycles. The molecule has 0 unspecified atom stereocenters. The third-order valence-electron chi connectivity index (χ3n) is 4.14. The Bertz CT molecular complexity index is 1130. The fraction of sp³-hybridized carbons (Fsp3) is 0.0952. The molecular weight excluding hydrogens is 396 g/mol. The van der Waals surface area contributed by atoms with Gasteiger partial charge < -0.3 is 5.32 Å². The van der Waals surface area contributed by atoms with Crippen LogP contribution in [-0.2, 0) is 10.0 Å². The lowest BCUT2D eigenvalue weighted by molar-refractivity contribution is 0.102.